The van der Waals surface area contributed by atoms with Crippen LogP contribution < -0.4 is 4.74 Å². The molecular weight excluding hydrogens is 300 g/mol. The first kappa shape index (κ1) is 13.0. The second-order valence-corrected chi connectivity index (χ2v) is 6.94. The molecule has 3 heterocycles. The molecule has 4 rings (SSSR count). The second-order valence-electron chi connectivity index (χ2n) is 4.85. The monoisotopic (exact) mass is 314 g/mol. The van der Waals surface area contributed by atoms with Crippen molar-refractivity contribution in [2.45, 2.75) is 0 Å². The maximum absolute atomic E-state index is 5.31. The maximum Gasteiger partial charge on any atom is 0.168 e. The minimum atomic E-state index is 0.884. The van der Waals surface area contributed by atoms with Crippen molar-refractivity contribution >= 4 is 44.0 Å². The van der Waals surface area contributed by atoms with Gasteiger partial charge in [-0.1, -0.05) is 12.7 Å². The van der Waals surface area contributed by atoms with Crippen molar-refractivity contribution in [3.63, 3.8) is 0 Å². The normalized spacial score (nSPS) is 17.4. The fourth-order valence-corrected chi connectivity index (χ4v) is 4.92. The van der Waals surface area contributed by atoms with Gasteiger partial charge >= 0.3 is 0 Å². The average Bonchev–Trinajstić information content (AvgIpc) is 3.18. The first-order valence-corrected chi connectivity index (χ1v) is 8.38. The first-order chi connectivity index (χ1) is 10.3. The van der Waals surface area contributed by atoms with Gasteiger partial charge in [-0.3, -0.25) is 4.99 Å². The van der Waals surface area contributed by atoms with E-state index in [9.17, 15) is 0 Å². The molecule has 0 atom stereocenters. The van der Waals surface area contributed by atoms with Crippen LogP contribution in [0.25, 0.3) is 15.8 Å². The van der Waals surface area contributed by atoms with Gasteiger partial charge in [-0.2, -0.15) is 0 Å². The van der Waals surface area contributed by atoms with E-state index in [4.69, 9.17) is 4.74 Å². The number of nitrogens with zero attached hydrogens (tertiary/aromatic N) is 2. The van der Waals surface area contributed by atoms with Gasteiger partial charge in [0.25, 0.3) is 0 Å². The smallest absolute Gasteiger partial charge is 0.168 e. The minimum Gasteiger partial charge on any atom is -0.497 e. The molecule has 106 valence electrons. The fourth-order valence-electron chi connectivity index (χ4n) is 2.65. The molecular formula is C16H14N2OS2. The third-order valence-corrected chi connectivity index (χ3v) is 5.87. The van der Waals surface area contributed by atoms with E-state index in [0.29, 0.717) is 0 Å². The van der Waals surface area contributed by atoms with E-state index in [1.165, 1.54) is 25.6 Å². The van der Waals surface area contributed by atoms with Gasteiger partial charge in [-0.25, -0.2) is 0 Å². The Morgan fingerprint density at radius 1 is 1.38 bits per heavy atom. The van der Waals surface area contributed by atoms with Crippen molar-refractivity contribution in [1.82, 2.24) is 4.90 Å². The Labute approximate surface area is 131 Å². The predicted octanol–water partition coefficient (Wildman–Crippen LogP) is 4.18. The molecule has 2 aliphatic heterocycles. The van der Waals surface area contributed by atoms with Crippen LogP contribution in [0.3, 0.4) is 0 Å². The van der Waals surface area contributed by atoms with Crippen LogP contribution >= 0.6 is 23.1 Å². The van der Waals surface area contributed by atoms with Gasteiger partial charge < -0.3 is 9.64 Å². The van der Waals surface area contributed by atoms with Gasteiger partial charge in [0, 0.05) is 16.1 Å². The van der Waals surface area contributed by atoms with Crippen LogP contribution in [0.1, 0.15) is 4.88 Å². The zero-order valence-electron chi connectivity index (χ0n) is 11.6. The lowest BCUT2D eigenvalue weighted by Crippen LogP contribution is -2.19. The van der Waals surface area contributed by atoms with Crippen LogP contribution in [0.5, 0.6) is 5.75 Å². The molecule has 1 aromatic carbocycles. The highest BCUT2D eigenvalue weighted by molar-refractivity contribution is 8.17. The number of thiophene rings is 1. The Balaban J connectivity index is 1.85. The molecule has 0 amide bonds. The number of hydrogen-bond acceptors (Lipinski definition) is 5. The molecule has 0 N–H and O–H groups in total. The predicted molar refractivity (Wildman–Crippen MR) is 92.1 cm³/mol. The summed E-state index contributed by atoms with van der Waals surface area (Å²) in [6, 6.07) is 8.47. The van der Waals surface area contributed by atoms with Crippen LogP contribution in [0.4, 0.5) is 0 Å². The number of allylic oxidation sites excluding steroid dienone is 1. The number of methoxy groups -OCH3 is 1. The highest BCUT2D eigenvalue weighted by Gasteiger charge is 2.32. The van der Waals surface area contributed by atoms with Crippen molar-refractivity contribution in [3.8, 4) is 5.75 Å². The van der Waals surface area contributed by atoms with E-state index < -0.39 is 0 Å². The summed E-state index contributed by atoms with van der Waals surface area (Å²) in [6.45, 7) is 5.80. The topological polar surface area (TPSA) is 24.8 Å². The van der Waals surface area contributed by atoms with E-state index in [2.05, 4.69) is 34.7 Å². The largest absolute Gasteiger partial charge is 0.497 e. The maximum atomic E-state index is 5.31. The van der Waals surface area contributed by atoms with Crippen molar-refractivity contribution in [3.05, 3.63) is 46.7 Å². The molecule has 3 nitrogen and oxygen atoms in total. The molecule has 0 saturated heterocycles. The van der Waals surface area contributed by atoms with Gasteiger partial charge in [0.05, 0.1) is 24.2 Å². The molecule has 2 aliphatic rings. The summed E-state index contributed by atoms with van der Waals surface area (Å²) < 4.78 is 6.56. The highest BCUT2D eigenvalue weighted by Crippen LogP contribution is 2.45. The molecule has 0 fully saturated rings. The Morgan fingerprint density at radius 2 is 2.29 bits per heavy atom. The van der Waals surface area contributed by atoms with Gasteiger partial charge in [-0.15, -0.1) is 11.3 Å². The summed E-state index contributed by atoms with van der Waals surface area (Å²) in [4.78, 5) is 9.33. The third kappa shape index (κ3) is 2.00. The zero-order valence-corrected chi connectivity index (χ0v) is 13.3. The van der Waals surface area contributed by atoms with E-state index in [0.717, 1.165) is 24.0 Å². The van der Waals surface area contributed by atoms with Crippen LogP contribution in [0.2, 0.25) is 0 Å². The summed E-state index contributed by atoms with van der Waals surface area (Å²) in [5.74, 6) is 0.901. The molecule has 0 radical (unpaired) electrons. The number of thioether (sulfide) groups is 1. The number of ether oxygens (including phenoxy) is 1. The molecule has 0 bridgehead atoms. The second kappa shape index (κ2) is 4.93. The zero-order chi connectivity index (χ0) is 14.4. The van der Waals surface area contributed by atoms with Gasteiger partial charge in [0.2, 0.25) is 0 Å². The van der Waals surface area contributed by atoms with Crippen LogP contribution in [-0.2, 0) is 0 Å². The highest BCUT2D eigenvalue weighted by atomic mass is 32.2. The molecule has 0 spiro atoms. The van der Waals surface area contributed by atoms with E-state index in [-0.39, 0.29) is 0 Å². The number of aliphatic imine (C=N–C) groups is 1. The first-order valence-electron chi connectivity index (χ1n) is 6.74. The summed E-state index contributed by atoms with van der Waals surface area (Å²) in [5.41, 5.74) is 1.26. The molecule has 5 heteroatoms. The van der Waals surface area contributed by atoms with Crippen molar-refractivity contribution in [2.24, 2.45) is 4.99 Å². The van der Waals surface area contributed by atoms with Crippen LogP contribution in [0, 0.1) is 0 Å². The number of rotatable bonds is 3. The van der Waals surface area contributed by atoms with E-state index in [1.54, 1.807) is 30.2 Å². The summed E-state index contributed by atoms with van der Waals surface area (Å²) in [7, 11) is 1.70. The van der Waals surface area contributed by atoms with Crippen molar-refractivity contribution in [2.75, 3.05) is 20.2 Å². The Bertz CT molecular complexity index is 804. The lowest BCUT2D eigenvalue weighted by atomic mass is 10.2. The van der Waals surface area contributed by atoms with Crippen molar-refractivity contribution in [1.29, 1.82) is 0 Å². The van der Waals surface area contributed by atoms with E-state index in [1.807, 2.05) is 12.1 Å². The van der Waals surface area contributed by atoms with Crippen LogP contribution in [-0.4, -0.2) is 30.3 Å². The van der Waals surface area contributed by atoms with Gasteiger partial charge in [0.15, 0.2) is 5.17 Å². The standard InChI is InChI=1S/C16H14N2OS2/c1-3-12-15(18-7-6-17-16(18)21-12)14-8-10-4-5-11(19-2)9-13(10)20-14/h3-5,8-9H,1,6-7H2,2H3. The summed E-state index contributed by atoms with van der Waals surface area (Å²) in [5, 5.41) is 2.36. The van der Waals surface area contributed by atoms with E-state index >= 15 is 0 Å². The Kier molecular flexibility index (Phi) is 3.05. The Hall–Kier alpha value is -1.72. The lowest BCUT2D eigenvalue weighted by molar-refractivity contribution is 0.415. The van der Waals surface area contributed by atoms with Gasteiger partial charge in [-0.05, 0) is 41.4 Å². The quantitative estimate of drug-likeness (QED) is 0.849. The number of amidine groups is 1. The van der Waals surface area contributed by atoms with Crippen molar-refractivity contribution < 1.29 is 4.74 Å². The molecule has 0 unspecified atom stereocenters. The number of benzene rings is 1. The fraction of sp³-hybridized carbons (Fsp3) is 0.188. The number of fused-ring (bicyclic) bond motifs is 2. The average molecular weight is 314 g/mol. The third-order valence-electron chi connectivity index (χ3n) is 3.65. The Morgan fingerprint density at radius 3 is 3.10 bits per heavy atom. The number of hydrogen-bond donors (Lipinski definition) is 0. The summed E-state index contributed by atoms with van der Waals surface area (Å²) >= 11 is 3.52. The van der Waals surface area contributed by atoms with Crippen LogP contribution in [0.15, 0.2) is 46.8 Å². The molecule has 0 aliphatic carbocycles. The summed E-state index contributed by atoms with van der Waals surface area (Å²) in [6.07, 6.45) is 1.94. The molecule has 0 saturated carbocycles. The van der Waals surface area contributed by atoms with Gasteiger partial charge in [0.1, 0.15) is 5.75 Å². The molecule has 21 heavy (non-hydrogen) atoms. The molecule has 1 aromatic heterocycles. The lowest BCUT2D eigenvalue weighted by Gasteiger charge is -2.15. The minimum absolute atomic E-state index is 0.884. The SMILES string of the molecule is C=CC1=C(c2cc3ccc(OC)cc3s2)N2CCN=C2S1. The molecule has 2 aromatic rings.